The van der Waals surface area contributed by atoms with Crippen LogP contribution in [0.5, 0.6) is 11.5 Å². The molecule has 0 saturated heterocycles. The van der Waals surface area contributed by atoms with E-state index in [1.165, 1.54) is 23.3 Å². The molecule has 0 fully saturated rings. The second kappa shape index (κ2) is 11.3. The van der Waals surface area contributed by atoms with E-state index in [0.717, 1.165) is 6.07 Å². The third-order valence-electron chi connectivity index (χ3n) is 3.57. The van der Waals surface area contributed by atoms with Crippen LogP contribution in [0.4, 0.5) is 5.69 Å². The van der Waals surface area contributed by atoms with Gasteiger partial charge in [-0.05, 0) is 31.6 Å². The zero-order valence-electron chi connectivity index (χ0n) is 15.6. The lowest BCUT2D eigenvalue weighted by atomic mass is 10.1. The van der Waals surface area contributed by atoms with Crippen molar-refractivity contribution >= 4 is 29.9 Å². The van der Waals surface area contributed by atoms with E-state index in [0.29, 0.717) is 12.0 Å². The Bertz CT molecular complexity index is 813. The summed E-state index contributed by atoms with van der Waals surface area (Å²) in [4.78, 5) is 29.0. The molecule has 1 aromatic carbocycles. The van der Waals surface area contributed by atoms with Crippen molar-refractivity contribution in [3.05, 3.63) is 23.3 Å². The van der Waals surface area contributed by atoms with Gasteiger partial charge in [-0.15, -0.1) is 0 Å². The van der Waals surface area contributed by atoms with E-state index in [1.54, 1.807) is 19.9 Å². The minimum atomic E-state index is -0.574. The number of aliphatic imine (C=N–C) groups is 1. The first-order valence-corrected chi connectivity index (χ1v) is 8.46. The number of hydrogen-bond acceptors (Lipinski definition) is 8. The standard InChI is InChI=1S/C18H22N4O6/c1-3-22(6-5-20-11-16(24)28-4-2)18(26)13(10-19)7-12-8-14(21-27)17(25)15(23)9-12/h5,7-9,21,23,25,27H,3-4,6,11H2,1-2H3/p+1/b13-7+,20-5?. The molecule has 0 atom stereocenters. The summed E-state index contributed by atoms with van der Waals surface area (Å²) >= 11 is 0. The van der Waals surface area contributed by atoms with Crippen LogP contribution in [0.2, 0.25) is 0 Å². The molecule has 0 aliphatic carbocycles. The van der Waals surface area contributed by atoms with Crippen LogP contribution in [0.1, 0.15) is 19.4 Å². The Kier molecular flexibility index (Phi) is 9.15. The van der Waals surface area contributed by atoms with Gasteiger partial charge in [0.2, 0.25) is 11.4 Å². The van der Waals surface area contributed by atoms with Crippen LogP contribution in [0.15, 0.2) is 22.7 Å². The average Bonchev–Trinajstić information content (AvgIpc) is 2.68. The van der Waals surface area contributed by atoms with Gasteiger partial charge in [-0.2, -0.15) is 10.7 Å². The van der Waals surface area contributed by atoms with Crippen molar-refractivity contribution in [3.8, 4) is 17.6 Å². The number of ether oxygens (including phenoxy) is 1. The fourth-order valence-electron chi connectivity index (χ4n) is 2.18. The molecule has 0 unspecified atom stereocenters. The largest absolute Gasteiger partial charge is 0.504 e. The zero-order chi connectivity index (χ0) is 21.1. The van der Waals surface area contributed by atoms with Crippen molar-refractivity contribution in [3.63, 3.8) is 0 Å². The first kappa shape index (κ1) is 22.6. The monoisotopic (exact) mass is 391 g/mol. The zero-order valence-corrected chi connectivity index (χ0v) is 15.6. The number of nitrogens with two attached hydrogens (primary N) is 1. The number of hydrogen-bond donors (Lipinski definition) is 4. The number of carbonyl (C=O) groups is 2. The first-order chi connectivity index (χ1) is 13.4. The Hall–Kier alpha value is -3.42. The van der Waals surface area contributed by atoms with Crippen LogP contribution in [0.25, 0.3) is 6.08 Å². The highest BCUT2D eigenvalue weighted by atomic mass is 16.5. The van der Waals surface area contributed by atoms with E-state index >= 15 is 0 Å². The van der Waals surface area contributed by atoms with Gasteiger partial charge in [-0.25, -0.2) is 5.21 Å². The summed E-state index contributed by atoms with van der Waals surface area (Å²) in [6, 6.07) is 4.26. The van der Waals surface area contributed by atoms with Gasteiger partial charge in [0.15, 0.2) is 5.75 Å². The van der Waals surface area contributed by atoms with Gasteiger partial charge < -0.3 is 19.8 Å². The number of phenolic OH excluding ortho intramolecular Hbond substituents is 2. The second-order valence-corrected chi connectivity index (χ2v) is 5.45. The highest BCUT2D eigenvalue weighted by Crippen LogP contribution is 2.32. The molecule has 0 heterocycles. The molecule has 10 nitrogen and oxygen atoms in total. The minimum absolute atomic E-state index is 0.0607. The van der Waals surface area contributed by atoms with Crippen molar-refractivity contribution in [2.24, 2.45) is 4.99 Å². The molecule has 150 valence electrons. The maximum atomic E-state index is 12.6. The molecule has 0 bridgehead atoms. The topological polar surface area (TPSA) is 160 Å². The number of carbonyl (C=O) groups excluding carboxylic acids is 2. The highest BCUT2D eigenvalue weighted by molar-refractivity contribution is 6.02. The molecular weight excluding hydrogens is 368 g/mol. The fourth-order valence-corrected chi connectivity index (χ4v) is 2.18. The quantitative estimate of drug-likeness (QED) is 0.0881. The summed E-state index contributed by atoms with van der Waals surface area (Å²) in [7, 11) is 0. The SMILES string of the molecule is CCOC(=O)CN=CCN(CC)C(=O)/C(C#N)=C/c1cc(O)c(O)c([NH2+]O)c1. The van der Waals surface area contributed by atoms with Crippen molar-refractivity contribution in [1.29, 1.82) is 5.26 Å². The molecule has 5 N–H and O–H groups in total. The number of esters is 1. The Morgan fingerprint density at radius 3 is 2.64 bits per heavy atom. The van der Waals surface area contributed by atoms with Gasteiger partial charge in [0.25, 0.3) is 5.91 Å². The lowest BCUT2D eigenvalue weighted by Gasteiger charge is -2.18. The van der Waals surface area contributed by atoms with Crippen LogP contribution in [0, 0.1) is 11.3 Å². The highest BCUT2D eigenvalue weighted by Gasteiger charge is 2.18. The number of benzene rings is 1. The van der Waals surface area contributed by atoms with Crippen LogP contribution in [-0.2, 0) is 14.3 Å². The molecule has 1 aromatic rings. The number of nitrogens with zero attached hydrogens (tertiary/aromatic N) is 3. The van der Waals surface area contributed by atoms with Gasteiger partial charge in [0, 0.05) is 18.8 Å². The normalized spacial score (nSPS) is 11.3. The number of phenols is 2. The second-order valence-electron chi connectivity index (χ2n) is 5.45. The predicted molar refractivity (Wildman–Crippen MR) is 99.0 cm³/mol. The number of aromatic hydroxyl groups is 2. The van der Waals surface area contributed by atoms with Crippen molar-refractivity contribution in [2.75, 3.05) is 26.2 Å². The summed E-state index contributed by atoms with van der Waals surface area (Å²) < 4.78 is 4.74. The van der Waals surface area contributed by atoms with E-state index < -0.39 is 23.4 Å². The van der Waals surface area contributed by atoms with Crippen molar-refractivity contribution in [2.45, 2.75) is 13.8 Å². The van der Waals surface area contributed by atoms with E-state index in [4.69, 9.17) is 9.94 Å². The van der Waals surface area contributed by atoms with Gasteiger partial charge in [-0.1, -0.05) is 0 Å². The number of amides is 1. The molecule has 0 radical (unpaired) electrons. The molecule has 0 aliphatic heterocycles. The van der Waals surface area contributed by atoms with Crippen molar-refractivity contribution < 1.29 is 35.2 Å². The van der Waals surface area contributed by atoms with E-state index in [1.807, 2.05) is 0 Å². The molecule has 0 aliphatic rings. The smallest absolute Gasteiger partial charge is 0.327 e. The molecule has 10 heteroatoms. The van der Waals surface area contributed by atoms with Crippen LogP contribution < -0.4 is 5.48 Å². The number of nitriles is 1. The van der Waals surface area contributed by atoms with Crippen molar-refractivity contribution in [1.82, 2.24) is 4.90 Å². The van der Waals surface area contributed by atoms with Gasteiger partial charge in [0.1, 0.15) is 18.2 Å². The maximum absolute atomic E-state index is 12.6. The lowest BCUT2D eigenvalue weighted by Crippen LogP contribution is -2.73. The number of rotatable bonds is 9. The fraction of sp³-hybridized carbons (Fsp3) is 0.333. The number of quaternary nitrogens is 1. The summed E-state index contributed by atoms with van der Waals surface area (Å²) in [6.07, 6.45) is 2.62. The van der Waals surface area contributed by atoms with Gasteiger partial charge in [-0.3, -0.25) is 14.6 Å². The number of likely N-dealkylation sites (N-methyl/N-ethyl adjacent to an activating group) is 1. The average molecular weight is 391 g/mol. The van der Waals surface area contributed by atoms with Gasteiger partial charge in [0.05, 0.1) is 13.2 Å². The molecule has 1 amide bonds. The van der Waals surface area contributed by atoms with Crippen LogP contribution in [-0.4, -0.2) is 64.7 Å². The molecular formula is C18H23N4O6+. The molecule has 0 saturated carbocycles. The maximum Gasteiger partial charge on any atom is 0.327 e. The minimum Gasteiger partial charge on any atom is -0.504 e. The Balaban J connectivity index is 2.95. The molecule has 1 rings (SSSR count). The molecule has 28 heavy (non-hydrogen) atoms. The van der Waals surface area contributed by atoms with Crippen LogP contribution in [0.3, 0.4) is 0 Å². The first-order valence-electron chi connectivity index (χ1n) is 8.46. The van der Waals surface area contributed by atoms with E-state index in [9.17, 15) is 25.1 Å². The Labute approximate surface area is 161 Å². The third kappa shape index (κ3) is 6.39. The van der Waals surface area contributed by atoms with E-state index in [2.05, 4.69) is 4.99 Å². The summed E-state index contributed by atoms with van der Waals surface area (Å²) in [6.45, 7) is 3.88. The van der Waals surface area contributed by atoms with Gasteiger partial charge >= 0.3 is 5.97 Å². The predicted octanol–water partition coefficient (Wildman–Crippen LogP) is 0.0713. The Morgan fingerprint density at radius 2 is 2.07 bits per heavy atom. The lowest BCUT2D eigenvalue weighted by molar-refractivity contribution is -0.826. The van der Waals surface area contributed by atoms with E-state index in [-0.39, 0.29) is 36.5 Å². The van der Waals surface area contributed by atoms with Crippen LogP contribution >= 0.6 is 0 Å². The summed E-state index contributed by atoms with van der Waals surface area (Å²) in [5.74, 6) is -2.07. The summed E-state index contributed by atoms with van der Waals surface area (Å²) in [5.41, 5.74) is 0.565. The molecule has 0 aromatic heterocycles. The third-order valence-corrected chi connectivity index (χ3v) is 3.57. The Morgan fingerprint density at radius 1 is 1.36 bits per heavy atom. The molecule has 0 spiro atoms. The summed E-state index contributed by atoms with van der Waals surface area (Å²) in [5, 5.41) is 37.7.